The van der Waals surface area contributed by atoms with Crippen molar-refractivity contribution in [2.45, 2.75) is 11.3 Å². The third kappa shape index (κ3) is 3.72. The average Bonchev–Trinajstić information content (AvgIpc) is 2.49. The zero-order valence-corrected chi connectivity index (χ0v) is 12.1. The summed E-state index contributed by atoms with van der Waals surface area (Å²) >= 11 is 0. The van der Waals surface area contributed by atoms with Gasteiger partial charge in [-0.1, -0.05) is 24.3 Å². The topological polar surface area (TPSA) is 104 Å². The molecule has 21 heavy (non-hydrogen) atoms. The Morgan fingerprint density at radius 2 is 1.71 bits per heavy atom. The summed E-state index contributed by atoms with van der Waals surface area (Å²) in [6, 6.07) is 13.2. The van der Waals surface area contributed by atoms with Gasteiger partial charge in [0.2, 0.25) is 0 Å². The number of benzene rings is 2. The highest BCUT2D eigenvalue weighted by Gasteiger charge is 2.17. The first kappa shape index (κ1) is 15.3. The van der Waals surface area contributed by atoms with Crippen molar-refractivity contribution in [2.75, 3.05) is 16.8 Å². The smallest absolute Gasteiger partial charge is 0.264 e. The van der Waals surface area contributed by atoms with Crippen molar-refractivity contribution in [2.24, 2.45) is 5.84 Å². The van der Waals surface area contributed by atoms with E-state index in [2.05, 4.69) is 10.1 Å². The van der Waals surface area contributed by atoms with Gasteiger partial charge in [-0.2, -0.15) is 0 Å². The lowest BCUT2D eigenvalue weighted by Gasteiger charge is -2.12. The van der Waals surface area contributed by atoms with Crippen LogP contribution in [-0.4, -0.2) is 20.1 Å². The molecule has 0 saturated heterocycles. The van der Waals surface area contributed by atoms with E-state index in [1.807, 2.05) is 0 Å². The zero-order chi connectivity index (χ0) is 15.3. The Kier molecular flexibility index (Phi) is 4.79. The van der Waals surface area contributed by atoms with Crippen LogP contribution in [0.15, 0.2) is 53.4 Å². The number of hydrogen-bond acceptors (Lipinski definition) is 5. The molecule has 0 spiro atoms. The Hall–Kier alpha value is -2.09. The van der Waals surface area contributed by atoms with E-state index < -0.39 is 10.0 Å². The van der Waals surface area contributed by atoms with Crippen LogP contribution in [0.1, 0.15) is 5.56 Å². The summed E-state index contributed by atoms with van der Waals surface area (Å²) in [6.07, 6.45) is 0.535. The third-order valence-corrected chi connectivity index (χ3v) is 4.38. The fourth-order valence-corrected chi connectivity index (χ4v) is 3.13. The second kappa shape index (κ2) is 6.57. The quantitative estimate of drug-likeness (QED) is 0.476. The van der Waals surface area contributed by atoms with Gasteiger partial charge in [-0.3, -0.25) is 10.6 Å². The van der Waals surface area contributed by atoms with Gasteiger partial charge in [0.05, 0.1) is 5.69 Å². The molecule has 0 bridgehead atoms. The fourth-order valence-electron chi connectivity index (χ4n) is 1.90. The summed E-state index contributed by atoms with van der Waals surface area (Å²) in [7, 11) is -3.72. The Balaban J connectivity index is 2.24. The van der Waals surface area contributed by atoms with Gasteiger partial charge in [-0.05, 0) is 36.2 Å². The van der Waals surface area contributed by atoms with Crippen molar-refractivity contribution in [3.05, 3.63) is 54.1 Å². The van der Waals surface area contributed by atoms with Gasteiger partial charge in [0.1, 0.15) is 4.90 Å². The first-order valence-corrected chi connectivity index (χ1v) is 7.83. The molecule has 2 rings (SSSR count). The monoisotopic (exact) mass is 307 g/mol. The molecule has 0 fully saturated rings. The van der Waals surface area contributed by atoms with Crippen molar-refractivity contribution in [3.8, 4) is 0 Å². The number of para-hydroxylation sites is 1. The highest BCUT2D eigenvalue weighted by atomic mass is 32.2. The number of rotatable bonds is 6. The molecule has 0 amide bonds. The van der Waals surface area contributed by atoms with E-state index >= 15 is 0 Å². The third-order valence-electron chi connectivity index (χ3n) is 2.94. The van der Waals surface area contributed by atoms with Gasteiger partial charge in [-0.25, -0.2) is 8.42 Å². The van der Waals surface area contributed by atoms with Gasteiger partial charge in [0.25, 0.3) is 10.0 Å². The van der Waals surface area contributed by atoms with Crippen molar-refractivity contribution in [1.82, 2.24) is 0 Å². The van der Waals surface area contributed by atoms with Crippen molar-refractivity contribution in [1.29, 1.82) is 0 Å². The molecule has 7 heteroatoms. The summed E-state index contributed by atoms with van der Waals surface area (Å²) in [5, 5.41) is 8.85. The fraction of sp³-hybridized carbons (Fsp3) is 0.143. The lowest BCUT2D eigenvalue weighted by atomic mass is 10.1. The number of sulfonamides is 1. The maximum absolute atomic E-state index is 12.3. The molecule has 0 heterocycles. The Bertz CT molecular complexity index is 700. The SMILES string of the molecule is NNc1ccccc1S(=O)(=O)Nc1ccc(CCO)cc1. The Morgan fingerprint density at radius 3 is 2.33 bits per heavy atom. The normalized spacial score (nSPS) is 11.1. The summed E-state index contributed by atoms with van der Waals surface area (Å²) in [5.74, 6) is 5.33. The molecule has 0 saturated carbocycles. The van der Waals surface area contributed by atoms with Gasteiger partial charge >= 0.3 is 0 Å². The van der Waals surface area contributed by atoms with Crippen LogP contribution in [0.3, 0.4) is 0 Å². The average molecular weight is 307 g/mol. The van der Waals surface area contributed by atoms with Crippen LogP contribution in [-0.2, 0) is 16.4 Å². The van der Waals surface area contributed by atoms with Crippen LogP contribution < -0.4 is 16.0 Å². The second-order valence-electron chi connectivity index (χ2n) is 4.42. The molecule has 112 valence electrons. The minimum absolute atomic E-state index is 0.0562. The number of hydrazine groups is 1. The molecule has 0 aliphatic heterocycles. The first-order chi connectivity index (χ1) is 10.1. The number of nitrogen functional groups attached to an aromatic ring is 1. The summed E-state index contributed by atoms with van der Waals surface area (Å²) in [4.78, 5) is 0.0759. The predicted molar refractivity (Wildman–Crippen MR) is 82.3 cm³/mol. The molecular weight excluding hydrogens is 290 g/mol. The zero-order valence-electron chi connectivity index (χ0n) is 11.3. The first-order valence-electron chi connectivity index (χ1n) is 6.35. The molecule has 5 N–H and O–H groups in total. The lowest BCUT2D eigenvalue weighted by Crippen LogP contribution is -2.17. The number of aliphatic hydroxyl groups is 1. The van der Waals surface area contributed by atoms with E-state index in [-0.39, 0.29) is 11.5 Å². The van der Waals surface area contributed by atoms with Crippen molar-refractivity contribution in [3.63, 3.8) is 0 Å². The predicted octanol–water partition coefficient (Wildman–Crippen LogP) is 1.31. The minimum Gasteiger partial charge on any atom is -0.396 e. The molecule has 6 nitrogen and oxygen atoms in total. The van der Waals surface area contributed by atoms with E-state index in [4.69, 9.17) is 10.9 Å². The number of anilines is 2. The van der Waals surface area contributed by atoms with E-state index in [0.29, 0.717) is 17.8 Å². The summed E-state index contributed by atoms with van der Waals surface area (Å²) < 4.78 is 27.2. The second-order valence-corrected chi connectivity index (χ2v) is 6.07. The van der Waals surface area contributed by atoms with Crippen LogP contribution in [0.5, 0.6) is 0 Å². The van der Waals surface area contributed by atoms with E-state index in [0.717, 1.165) is 5.56 Å². The van der Waals surface area contributed by atoms with Gasteiger partial charge in [-0.15, -0.1) is 0 Å². The van der Waals surface area contributed by atoms with Gasteiger partial charge < -0.3 is 10.5 Å². The standard InChI is InChI=1S/C14H17N3O3S/c15-16-13-3-1-2-4-14(13)21(19,20)17-12-7-5-11(6-8-12)9-10-18/h1-8,16-18H,9-10,15H2. The maximum atomic E-state index is 12.3. The van der Waals surface area contributed by atoms with Gasteiger partial charge in [0.15, 0.2) is 0 Å². The number of aliphatic hydroxyl groups excluding tert-OH is 1. The number of nitrogens with one attached hydrogen (secondary N) is 2. The largest absolute Gasteiger partial charge is 0.396 e. The molecule has 0 radical (unpaired) electrons. The van der Waals surface area contributed by atoms with E-state index in [1.54, 1.807) is 42.5 Å². The van der Waals surface area contributed by atoms with E-state index in [1.165, 1.54) is 6.07 Å². The maximum Gasteiger partial charge on any atom is 0.264 e. The highest BCUT2D eigenvalue weighted by molar-refractivity contribution is 7.92. The summed E-state index contributed by atoms with van der Waals surface area (Å²) in [5.41, 5.74) is 4.07. The minimum atomic E-state index is -3.72. The lowest BCUT2D eigenvalue weighted by molar-refractivity contribution is 0.299. The molecule has 0 atom stereocenters. The molecule has 0 aliphatic rings. The van der Waals surface area contributed by atoms with Crippen molar-refractivity contribution < 1.29 is 13.5 Å². The number of hydrogen-bond donors (Lipinski definition) is 4. The molecule has 0 unspecified atom stereocenters. The van der Waals surface area contributed by atoms with Crippen LogP contribution in [0, 0.1) is 0 Å². The molecule has 0 aliphatic carbocycles. The molecule has 2 aromatic rings. The highest BCUT2D eigenvalue weighted by Crippen LogP contribution is 2.23. The van der Waals surface area contributed by atoms with Crippen LogP contribution in [0.25, 0.3) is 0 Å². The Morgan fingerprint density at radius 1 is 1.05 bits per heavy atom. The van der Waals surface area contributed by atoms with Crippen LogP contribution in [0.2, 0.25) is 0 Å². The summed E-state index contributed by atoms with van der Waals surface area (Å²) in [6.45, 7) is 0.0562. The molecule has 2 aromatic carbocycles. The van der Waals surface area contributed by atoms with Gasteiger partial charge in [0, 0.05) is 12.3 Å². The molecular formula is C14H17N3O3S. The molecule has 0 aromatic heterocycles. The van der Waals surface area contributed by atoms with E-state index in [9.17, 15) is 8.42 Å². The van der Waals surface area contributed by atoms with Crippen LogP contribution in [0.4, 0.5) is 11.4 Å². The van der Waals surface area contributed by atoms with Crippen molar-refractivity contribution >= 4 is 21.4 Å². The van der Waals surface area contributed by atoms with Crippen LogP contribution >= 0.6 is 0 Å². The Labute approximate surface area is 123 Å². The number of nitrogens with two attached hydrogens (primary N) is 1.